The van der Waals surface area contributed by atoms with Gasteiger partial charge in [0, 0.05) is 17.6 Å². The number of rotatable bonds is 4. The van der Waals surface area contributed by atoms with Crippen LogP contribution in [0, 0.1) is 0 Å². The molecular formula is C6H8N2O2S. The Labute approximate surface area is 67.9 Å². The van der Waals surface area contributed by atoms with Crippen molar-refractivity contribution in [3.8, 4) is 0 Å². The summed E-state index contributed by atoms with van der Waals surface area (Å²) >= 11 is 1.51. The first kappa shape index (κ1) is 8.16. The zero-order chi connectivity index (χ0) is 8.10. The molecule has 1 aromatic rings. The molecule has 0 aliphatic carbocycles. The van der Waals surface area contributed by atoms with Crippen LogP contribution in [0.15, 0.2) is 11.7 Å². The highest BCUT2D eigenvalue weighted by atomic mass is 32.1. The second kappa shape index (κ2) is 4.05. The van der Waals surface area contributed by atoms with Crippen LogP contribution in [0.2, 0.25) is 0 Å². The fourth-order valence-corrected chi connectivity index (χ4v) is 1.19. The molecule has 0 saturated heterocycles. The van der Waals surface area contributed by atoms with Gasteiger partial charge in [-0.15, -0.1) is 11.3 Å². The summed E-state index contributed by atoms with van der Waals surface area (Å²) in [5.41, 5.74) is 1.72. The van der Waals surface area contributed by atoms with Crippen molar-refractivity contribution in [3.63, 3.8) is 0 Å². The van der Waals surface area contributed by atoms with Crippen LogP contribution >= 0.6 is 11.3 Å². The summed E-state index contributed by atoms with van der Waals surface area (Å²) in [6, 6.07) is 0. The lowest BCUT2D eigenvalue weighted by atomic mass is 10.5. The Hall–Kier alpha value is -0.940. The number of thiazole rings is 1. The Kier molecular flexibility index (Phi) is 3.00. The van der Waals surface area contributed by atoms with E-state index < -0.39 is 5.97 Å². The topological polar surface area (TPSA) is 62.2 Å². The Balaban J connectivity index is 2.19. The maximum absolute atomic E-state index is 10.1. The van der Waals surface area contributed by atoms with E-state index >= 15 is 0 Å². The number of nitrogens with one attached hydrogen (secondary N) is 1. The largest absolute Gasteiger partial charge is 0.480 e. The number of hydrogen-bond donors (Lipinski definition) is 2. The van der Waals surface area contributed by atoms with Gasteiger partial charge in [0.2, 0.25) is 0 Å². The lowest BCUT2D eigenvalue weighted by molar-refractivity contribution is -0.135. The molecular weight excluding hydrogens is 164 g/mol. The second-order valence-electron chi connectivity index (χ2n) is 1.97. The van der Waals surface area contributed by atoms with Crippen molar-refractivity contribution in [2.45, 2.75) is 6.54 Å². The molecule has 0 bridgehead atoms. The monoisotopic (exact) mass is 172 g/mol. The van der Waals surface area contributed by atoms with E-state index in [9.17, 15) is 4.79 Å². The molecule has 0 unspecified atom stereocenters. The van der Waals surface area contributed by atoms with Gasteiger partial charge in [-0.2, -0.15) is 0 Å². The summed E-state index contributed by atoms with van der Waals surface area (Å²) in [7, 11) is 0. The molecule has 60 valence electrons. The molecule has 0 saturated carbocycles. The van der Waals surface area contributed by atoms with Crippen molar-refractivity contribution in [1.82, 2.24) is 10.3 Å². The number of carbonyl (C=O) groups is 1. The average Bonchev–Trinajstić information content (AvgIpc) is 2.39. The summed E-state index contributed by atoms with van der Waals surface area (Å²) in [5.74, 6) is -0.838. The van der Waals surface area contributed by atoms with Crippen LogP contribution in [0.1, 0.15) is 4.88 Å². The zero-order valence-electron chi connectivity index (χ0n) is 5.78. The Morgan fingerprint density at radius 3 is 3.18 bits per heavy atom. The number of nitrogens with zero attached hydrogens (tertiary/aromatic N) is 1. The molecule has 1 heterocycles. The van der Waals surface area contributed by atoms with Gasteiger partial charge in [0.05, 0.1) is 12.1 Å². The van der Waals surface area contributed by atoms with Crippen molar-refractivity contribution < 1.29 is 9.90 Å². The number of carboxylic acid groups (broad SMARTS) is 1. The first-order valence-electron chi connectivity index (χ1n) is 3.09. The predicted molar refractivity (Wildman–Crippen MR) is 41.5 cm³/mol. The molecule has 0 fully saturated rings. The summed E-state index contributed by atoms with van der Waals surface area (Å²) in [6.07, 6.45) is 1.72. The minimum absolute atomic E-state index is 0.00208. The third-order valence-electron chi connectivity index (χ3n) is 1.06. The van der Waals surface area contributed by atoms with E-state index in [0.29, 0.717) is 6.54 Å². The van der Waals surface area contributed by atoms with E-state index in [2.05, 4.69) is 10.3 Å². The van der Waals surface area contributed by atoms with Gasteiger partial charge in [-0.3, -0.25) is 9.78 Å². The first-order valence-corrected chi connectivity index (χ1v) is 3.97. The van der Waals surface area contributed by atoms with E-state index in [1.54, 1.807) is 11.7 Å². The molecule has 0 aromatic carbocycles. The molecule has 2 N–H and O–H groups in total. The van der Waals surface area contributed by atoms with Gasteiger partial charge >= 0.3 is 5.97 Å². The molecule has 0 atom stereocenters. The number of carboxylic acids is 1. The van der Waals surface area contributed by atoms with Crippen molar-refractivity contribution in [3.05, 3.63) is 16.6 Å². The molecule has 11 heavy (non-hydrogen) atoms. The van der Waals surface area contributed by atoms with Crippen LogP contribution in [0.4, 0.5) is 0 Å². The zero-order valence-corrected chi connectivity index (χ0v) is 6.60. The van der Waals surface area contributed by atoms with Crippen LogP contribution in [0.3, 0.4) is 0 Å². The maximum atomic E-state index is 10.1. The molecule has 0 spiro atoms. The minimum atomic E-state index is -0.838. The molecule has 0 radical (unpaired) electrons. The van der Waals surface area contributed by atoms with Crippen LogP contribution < -0.4 is 5.32 Å². The molecule has 5 heteroatoms. The smallest absolute Gasteiger partial charge is 0.317 e. The molecule has 0 amide bonds. The van der Waals surface area contributed by atoms with Crippen LogP contribution in [0.25, 0.3) is 0 Å². The van der Waals surface area contributed by atoms with Gasteiger partial charge in [-0.05, 0) is 0 Å². The van der Waals surface area contributed by atoms with Gasteiger partial charge in [-0.1, -0.05) is 0 Å². The van der Waals surface area contributed by atoms with Crippen molar-refractivity contribution in [1.29, 1.82) is 0 Å². The lowest BCUT2D eigenvalue weighted by Gasteiger charge is -1.95. The summed E-state index contributed by atoms with van der Waals surface area (Å²) in [5, 5.41) is 11.0. The van der Waals surface area contributed by atoms with Crippen molar-refractivity contribution in [2.75, 3.05) is 6.54 Å². The summed E-state index contributed by atoms with van der Waals surface area (Å²) in [6.45, 7) is 0.578. The Morgan fingerprint density at radius 1 is 1.82 bits per heavy atom. The Morgan fingerprint density at radius 2 is 2.64 bits per heavy atom. The maximum Gasteiger partial charge on any atom is 0.317 e. The third-order valence-corrected chi connectivity index (χ3v) is 1.84. The molecule has 1 rings (SSSR count). The Bertz CT molecular complexity index is 222. The van der Waals surface area contributed by atoms with Gasteiger partial charge in [0.15, 0.2) is 0 Å². The van der Waals surface area contributed by atoms with Gasteiger partial charge in [0.1, 0.15) is 0 Å². The number of aromatic nitrogens is 1. The van der Waals surface area contributed by atoms with E-state index in [1.807, 2.05) is 0 Å². The summed E-state index contributed by atoms with van der Waals surface area (Å²) in [4.78, 5) is 15.0. The SMILES string of the molecule is O=C(O)CNCc1cncs1. The van der Waals surface area contributed by atoms with E-state index in [0.717, 1.165) is 4.88 Å². The standard InChI is InChI=1S/C6H8N2O2S/c9-6(10)3-7-1-5-2-8-4-11-5/h2,4,7H,1,3H2,(H,9,10). The van der Waals surface area contributed by atoms with Crippen LogP contribution in [0.5, 0.6) is 0 Å². The fourth-order valence-electron chi connectivity index (χ4n) is 0.622. The molecule has 0 aliphatic rings. The van der Waals surface area contributed by atoms with Gasteiger partial charge in [-0.25, -0.2) is 0 Å². The highest BCUT2D eigenvalue weighted by Gasteiger charge is 1.96. The molecule has 4 nitrogen and oxygen atoms in total. The molecule has 1 aromatic heterocycles. The first-order chi connectivity index (χ1) is 5.29. The quantitative estimate of drug-likeness (QED) is 0.686. The summed E-state index contributed by atoms with van der Waals surface area (Å²) < 4.78 is 0. The number of hydrogen-bond acceptors (Lipinski definition) is 4. The van der Waals surface area contributed by atoms with Crippen LogP contribution in [-0.4, -0.2) is 22.6 Å². The average molecular weight is 172 g/mol. The highest BCUT2D eigenvalue weighted by Crippen LogP contribution is 2.03. The second-order valence-corrected chi connectivity index (χ2v) is 2.94. The lowest BCUT2D eigenvalue weighted by Crippen LogP contribution is -2.21. The van der Waals surface area contributed by atoms with E-state index in [1.165, 1.54) is 11.3 Å². The van der Waals surface area contributed by atoms with Crippen LogP contribution in [-0.2, 0) is 11.3 Å². The highest BCUT2D eigenvalue weighted by molar-refractivity contribution is 7.09. The minimum Gasteiger partial charge on any atom is -0.480 e. The number of aliphatic carboxylic acids is 1. The van der Waals surface area contributed by atoms with E-state index in [4.69, 9.17) is 5.11 Å². The molecule has 0 aliphatic heterocycles. The third kappa shape index (κ3) is 3.10. The normalized spacial score (nSPS) is 9.82. The van der Waals surface area contributed by atoms with Gasteiger partial charge < -0.3 is 10.4 Å². The van der Waals surface area contributed by atoms with Crippen molar-refractivity contribution in [2.24, 2.45) is 0 Å². The van der Waals surface area contributed by atoms with Gasteiger partial charge in [0.25, 0.3) is 0 Å². The fraction of sp³-hybridized carbons (Fsp3) is 0.333. The predicted octanol–water partition coefficient (Wildman–Crippen LogP) is 0.317. The van der Waals surface area contributed by atoms with Crippen molar-refractivity contribution >= 4 is 17.3 Å². The van der Waals surface area contributed by atoms with E-state index in [-0.39, 0.29) is 6.54 Å².